The number of carbonyl (C=O) groups excluding carboxylic acids is 1. The van der Waals surface area contributed by atoms with Crippen LogP contribution in [0.4, 0.5) is 0 Å². The second-order valence-electron chi connectivity index (χ2n) is 2.58. The number of ketones is 1. The number of hydrogen-bond donors (Lipinski definition) is 0. The Balaban J connectivity index is 0.000000791. The molecule has 1 aromatic rings. The third-order valence-corrected chi connectivity index (χ3v) is 1.90. The third kappa shape index (κ3) is 4.83. The van der Waals surface area contributed by atoms with E-state index < -0.39 is 0 Å². The highest BCUT2D eigenvalue weighted by atomic mass is 35.5. The van der Waals surface area contributed by atoms with Gasteiger partial charge in [-0.25, -0.2) is 0 Å². The maximum Gasteiger partial charge on any atom is 0.162 e. The molecule has 0 aromatic heterocycles. The van der Waals surface area contributed by atoms with Crippen molar-refractivity contribution in [1.29, 1.82) is 0 Å². The molecule has 2 heteroatoms. The summed E-state index contributed by atoms with van der Waals surface area (Å²) in [5, 5.41) is 0. The average Bonchev–Trinajstić information content (AvgIpc) is 2.30. The van der Waals surface area contributed by atoms with E-state index in [2.05, 4.69) is 13.2 Å². The monoisotopic (exact) mass is 210 g/mol. The highest BCUT2D eigenvalue weighted by Gasteiger charge is 2.02. The van der Waals surface area contributed by atoms with E-state index in [0.717, 1.165) is 12.0 Å². The van der Waals surface area contributed by atoms with Crippen LogP contribution in [0.1, 0.15) is 23.2 Å². The van der Waals surface area contributed by atoms with Crippen LogP contribution in [0.15, 0.2) is 43.5 Å². The molecular formula is C12H15ClO. The van der Waals surface area contributed by atoms with Crippen LogP contribution in [0.25, 0.3) is 0 Å². The Labute approximate surface area is 90.4 Å². The lowest BCUT2D eigenvalue weighted by molar-refractivity contribution is 0.0982. The Morgan fingerprint density at radius 1 is 1.21 bits per heavy atom. The van der Waals surface area contributed by atoms with Gasteiger partial charge in [-0.15, -0.1) is 24.8 Å². The van der Waals surface area contributed by atoms with Gasteiger partial charge in [-0.05, 0) is 6.42 Å². The molecule has 0 heterocycles. The number of Topliss-reactive ketones (excluding diaryl/α,β-unsaturated/α-hetero) is 1. The average molecular weight is 211 g/mol. The molecule has 1 nitrogen and oxygen atoms in total. The van der Waals surface area contributed by atoms with Crippen molar-refractivity contribution in [3.8, 4) is 0 Å². The van der Waals surface area contributed by atoms with Crippen LogP contribution in [0.5, 0.6) is 0 Å². The molecule has 1 aromatic carbocycles. The highest BCUT2D eigenvalue weighted by Crippen LogP contribution is 2.05. The molecule has 0 amide bonds. The van der Waals surface area contributed by atoms with Crippen LogP contribution in [0.3, 0.4) is 0 Å². The van der Waals surface area contributed by atoms with E-state index in [4.69, 9.17) is 11.6 Å². The van der Waals surface area contributed by atoms with Gasteiger partial charge >= 0.3 is 0 Å². The topological polar surface area (TPSA) is 17.1 Å². The van der Waals surface area contributed by atoms with Crippen molar-refractivity contribution in [2.45, 2.75) is 12.8 Å². The van der Waals surface area contributed by atoms with Crippen molar-refractivity contribution >= 4 is 17.4 Å². The second-order valence-corrected chi connectivity index (χ2v) is 2.96. The zero-order valence-electron chi connectivity index (χ0n) is 8.21. The molecule has 0 aliphatic carbocycles. The molecule has 0 saturated carbocycles. The van der Waals surface area contributed by atoms with Crippen LogP contribution in [0.2, 0.25) is 0 Å². The van der Waals surface area contributed by atoms with Crippen molar-refractivity contribution in [3.63, 3.8) is 0 Å². The van der Waals surface area contributed by atoms with E-state index in [0.29, 0.717) is 12.3 Å². The number of hydrogen-bond acceptors (Lipinski definition) is 1. The van der Waals surface area contributed by atoms with E-state index in [9.17, 15) is 4.79 Å². The summed E-state index contributed by atoms with van der Waals surface area (Å²) in [6.45, 7) is 6.00. The largest absolute Gasteiger partial charge is 0.294 e. The number of rotatable bonds is 4. The van der Waals surface area contributed by atoms with E-state index in [1.165, 1.54) is 0 Å². The summed E-state index contributed by atoms with van der Waals surface area (Å²) in [5.41, 5.74) is 0.780. The van der Waals surface area contributed by atoms with Crippen LogP contribution in [0, 0.1) is 0 Å². The Morgan fingerprint density at radius 3 is 2.29 bits per heavy atom. The van der Waals surface area contributed by atoms with E-state index in [1.807, 2.05) is 30.3 Å². The van der Waals surface area contributed by atoms with E-state index in [-0.39, 0.29) is 5.78 Å². The molecule has 0 aliphatic heterocycles. The lowest BCUT2D eigenvalue weighted by atomic mass is 10.1. The summed E-state index contributed by atoms with van der Waals surface area (Å²) in [7, 11) is 0. The second kappa shape index (κ2) is 8.52. The fraction of sp³-hybridized carbons (Fsp3) is 0.250. The van der Waals surface area contributed by atoms with Gasteiger partial charge in [0, 0.05) is 17.9 Å². The van der Waals surface area contributed by atoms with Crippen molar-refractivity contribution in [1.82, 2.24) is 0 Å². The summed E-state index contributed by atoms with van der Waals surface area (Å²) in [4.78, 5) is 11.3. The number of benzene rings is 1. The summed E-state index contributed by atoms with van der Waals surface area (Å²) < 4.78 is 0. The maximum atomic E-state index is 11.3. The molecule has 0 saturated heterocycles. The molecular weight excluding hydrogens is 196 g/mol. The first-order valence-corrected chi connectivity index (χ1v) is 5.02. The van der Waals surface area contributed by atoms with Gasteiger partial charge in [0.1, 0.15) is 0 Å². The molecule has 14 heavy (non-hydrogen) atoms. The minimum atomic E-state index is 0.177. The van der Waals surface area contributed by atoms with Gasteiger partial charge in [0.25, 0.3) is 0 Å². The number of carbonyl (C=O) groups is 1. The highest BCUT2D eigenvalue weighted by molar-refractivity contribution is 6.18. The van der Waals surface area contributed by atoms with Gasteiger partial charge in [0.2, 0.25) is 0 Å². The molecule has 76 valence electrons. The Hall–Kier alpha value is -1.08. The summed E-state index contributed by atoms with van der Waals surface area (Å²) in [6.07, 6.45) is 1.31. The summed E-state index contributed by atoms with van der Waals surface area (Å²) >= 11 is 5.48. The van der Waals surface area contributed by atoms with Gasteiger partial charge in [0.05, 0.1) is 0 Å². The van der Waals surface area contributed by atoms with E-state index in [1.54, 1.807) is 0 Å². The number of alkyl halides is 1. The molecule has 0 N–H and O–H groups in total. The van der Waals surface area contributed by atoms with Crippen molar-refractivity contribution in [2.75, 3.05) is 5.88 Å². The zero-order chi connectivity index (χ0) is 10.8. The van der Waals surface area contributed by atoms with Crippen LogP contribution in [-0.2, 0) is 0 Å². The first kappa shape index (κ1) is 12.9. The predicted octanol–water partition coefficient (Wildman–Crippen LogP) is 3.69. The molecule has 0 fully saturated rings. The Kier molecular flexibility index (Phi) is 7.86. The molecule has 0 atom stereocenters. The lowest BCUT2D eigenvalue weighted by Crippen LogP contribution is -1.98. The molecule has 0 aliphatic rings. The minimum absolute atomic E-state index is 0.177. The van der Waals surface area contributed by atoms with E-state index >= 15 is 0 Å². The molecule has 0 unspecified atom stereocenters. The smallest absolute Gasteiger partial charge is 0.162 e. The van der Waals surface area contributed by atoms with Gasteiger partial charge in [-0.3, -0.25) is 4.79 Å². The normalized spacial score (nSPS) is 8.64. The zero-order valence-corrected chi connectivity index (χ0v) is 8.96. The Bertz CT molecular complexity index is 256. The maximum absolute atomic E-state index is 11.3. The van der Waals surface area contributed by atoms with Crippen LogP contribution >= 0.6 is 11.6 Å². The predicted molar refractivity (Wildman–Crippen MR) is 62.0 cm³/mol. The lowest BCUT2D eigenvalue weighted by Gasteiger charge is -1.97. The molecule has 0 radical (unpaired) electrons. The quantitative estimate of drug-likeness (QED) is 0.421. The summed E-state index contributed by atoms with van der Waals surface area (Å²) in [5.74, 6) is 0.731. The SMILES string of the molecule is C=C.O=C(CCCCl)c1ccccc1. The minimum Gasteiger partial charge on any atom is -0.294 e. The van der Waals surface area contributed by atoms with Gasteiger partial charge in [-0.2, -0.15) is 0 Å². The first-order valence-electron chi connectivity index (χ1n) is 4.49. The third-order valence-electron chi connectivity index (χ3n) is 1.63. The van der Waals surface area contributed by atoms with Gasteiger partial charge in [0.15, 0.2) is 5.78 Å². The van der Waals surface area contributed by atoms with Crippen molar-refractivity contribution in [2.24, 2.45) is 0 Å². The fourth-order valence-corrected chi connectivity index (χ4v) is 1.13. The van der Waals surface area contributed by atoms with Gasteiger partial charge < -0.3 is 0 Å². The molecule has 0 spiro atoms. The van der Waals surface area contributed by atoms with Crippen LogP contribution < -0.4 is 0 Å². The molecule has 1 rings (SSSR count). The Morgan fingerprint density at radius 2 is 1.79 bits per heavy atom. The summed E-state index contributed by atoms with van der Waals surface area (Å²) in [6, 6.07) is 9.30. The molecule has 0 bridgehead atoms. The van der Waals surface area contributed by atoms with Crippen molar-refractivity contribution in [3.05, 3.63) is 49.1 Å². The number of halogens is 1. The van der Waals surface area contributed by atoms with Crippen LogP contribution in [-0.4, -0.2) is 11.7 Å². The fourth-order valence-electron chi connectivity index (χ4n) is 0.996. The first-order chi connectivity index (χ1) is 6.84. The standard InChI is InChI=1S/C10H11ClO.C2H4/c11-8-4-7-10(12)9-5-2-1-3-6-9;1-2/h1-3,5-6H,4,7-8H2;1-2H2. The van der Waals surface area contributed by atoms with Crippen molar-refractivity contribution < 1.29 is 4.79 Å². The van der Waals surface area contributed by atoms with Gasteiger partial charge in [-0.1, -0.05) is 30.3 Å².